The lowest BCUT2D eigenvalue weighted by Gasteiger charge is -2.07. The molecule has 0 atom stereocenters. The van der Waals surface area contributed by atoms with Crippen LogP contribution in [0.2, 0.25) is 0 Å². The van der Waals surface area contributed by atoms with E-state index in [0.29, 0.717) is 22.7 Å². The van der Waals surface area contributed by atoms with Crippen LogP contribution in [0, 0.1) is 11.3 Å². The van der Waals surface area contributed by atoms with E-state index in [2.05, 4.69) is 18.3 Å². The smallest absolute Gasteiger partial charge is 0.256 e. The third-order valence-corrected chi connectivity index (χ3v) is 5.56. The Morgan fingerprint density at radius 3 is 2.72 bits per heavy atom. The number of hydrogen-bond acceptors (Lipinski definition) is 4. The molecule has 1 amide bonds. The van der Waals surface area contributed by atoms with E-state index in [4.69, 9.17) is 4.74 Å². The number of aryl methyl sites for hydroxylation is 1. The number of thiophene rings is 1. The number of nitrogens with zero attached hydrogens (tertiary/aromatic N) is 1. The van der Waals surface area contributed by atoms with Crippen LogP contribution >= 0.6 is 11.3 Å². The molecule has 0 saturated carbocycles. The van der Waals surface area contributed by atoms with E-state index < -0.39 is 0 Å². The van der Waals surface area contributed by atoms with Gasteiger partial charge in [-0.25, -0.2) is 0 Å². The number of anilines is 1. The quantitative estimate of drug-likeness (QED) is 0.774. The minimum atomic E-state index is -0.185. The molecule has 1 aliphatic carbocycles. The molecule has 1 aromatic heterocycles. The standard InChI is InChI=1S/C20H22N2O2S/c1-2-12-24-15-10-8-14(9-11-15)19(23)22-20-17(13-21)16-6-4-3-5-7-18(16)25-20/h8-11H,2-7,12H2,1H3,(H,22,23). The summed E-state index contributed by atoms with van der Waals surface area (Å²) in [4.78, 5) is 13.8. The highest BCUT2D eigenvalue weighted by Crippen LogP contribution is 2.37. The molecule has 1 N–H and O–H groups in total. The molecule has 0 bridgehead atoms. The highest BCUT2D eigenvalue weighted by Gasteiger charge is 2.21. The third-order valence-electron chi connectivity index (χ3n) is 4.35. The van der Waals surface area contributed by atoms with Crippen LogP contribution in [-0.2, 0) is 12.8 Å². The van der Waals surface area contributed by atoms with Crippen LogP contribution in [0.25, 0.3) is 0 Å². The van der Waals surface area contributed by atoms with Crippen molar-refractivity contribution in [3.05, 3.63) is 45.8 Å². The molecule has 0 aliphatic heterocycles. The Morgan fingerprint density at radius 2 is 2.00 bits per heavy atom. The summed E-state index contributed by atoms with van der Waals surface area (Å²) in [5.41, 5.74) is 2.36. The van der Waals surface area contributed by atoms with Gasteiger partial charge in [0.15, 0.2) is 0 Å². The van der Waals surface area contributed by atoms with Gasteiger partial charge in [0.1, 0.15) is 16.8 Å². The maximum absolute atomic E-state index is 12.5. The SMILES string of the molecule is CCCOc1ccc(C(=O)Nc2sc3c(c2C#N)CCCCC3)cc1. The summed E-state index contributed by atoms with van der Waals surface area (Å²) in [6, 6.07) is 9.42. The third kappa shape index (κ3) is 4.02. The zero-order valence-electron chi connectivity index (χ0n) is 14.4. The van der Waals surface area contributed by atoms with E-state index in [-0.39, 0.29) is 5.91 Å². The van der Waals surface area contributed by atoms with Crippen LogP contribution in [-0.4, -0.2) is 12.5 Å². The van der Waals surface area contributed by atoms with E-state index in [1.165, 1.54) is 11.3 Å². The predicted molar refractivity (Wildman–Crippen MR) is 100 cm³/mol. The van der Waals surface area contributed by atoms with E-state index in [1.54, 1.807) is 35.6 Å². The summed E-state index contributed by atoms with van der Waals surface area (Å²) >= 11 is 1.56. The molecular formula is C20H22N2O2S. The van der Waals surface area contributed by atoms with E-state index in [0.717, 1.165) is 43.4 Å². The number of nitriles is 1. The second-order valence-corrected chi connectivity index (χ2v) is 7.31. The zero-order chi connectivity index (χ0) is 17.6. The van der Waals surface area contributed by atoms with Crippen molar-refractivity contribution in [2.24, 2.45) is 0 Å². The highest BCUT2D eigenvalue weighted by molar-refractivity contribution is 7.16. The summed E-state index contributed by atoms with van der Waals surface area (Å²) < 4.78 is 5.54. The summed E-state index contributed by atoms with van der Waals surface area (Å²) in [5.74, 6) is 0.578. The first-order valence-corrected chi connectivity index (χ1v) is 9.63. The topological polar surface area (TPSA) is 62.1 Å². The van der Waals surface area contributed by atoms with Crippen molar-refractivity contribution in [1.82, 2.24) is 0 Å². The number of carbonyl (C=O) groups is 1. The number of hydrogen-bond donors (Lipinski definition) is 1. The zero-order valence-corrected chi connectivity index (χ0v) is 15.2. The first-order valence-electron chi connectivity index (χ1n) is 8.81. The van der Waals surface area contributed by atoms with Gasteiger partial charge in [-0.05, 0) is 61.9 Å². The van der Waals surface area contributed by atoms with E-state index >= 15 is 0 Å². The Balaban J connectivity index is 1.76. The minimum Gasteiger partial charge on any atom is -0.494 e. The number of benzene rings is 1. The molecular weight excluding hydrogens is 332 g/mol. The number of nitrogens with one attached hydrogen (secondary N) is 1. The van der Waals surface area contributed by atoms with Crippen molar-refractivity contribution < 1.29 is 9.53 Å². The predicted octanol–water partition coefficient (Wildman–Crippen LogP) is 4.93. The summed E-state index contributed by atoms with van der Waals surface area (Å²) in [5, 5.41) is 13.2. The van der Waals surface area contributed by atoms with Crippen LogP contribution in [0.15, 0.2) is 24.3 Å². The fraction of sp³-hybridized carbons (Fsp3) is 0.400. The Kier molecular flexibility index (Phi) is 5.72. The number of fused-ring (bicyclic) bond motifs is 1. The molecule has 0 unspecified atom stereocenters. The van der Waals surface area contributed by atoms with Gasteiger partial charge in [-0.3, -0.25) is 4.79 Å². The van der Waals surface area contributed by atoms with Crippen LogP contribution in [0.1, 0.15) is 59.0 Å². The molecule has 25 heavy (non-hydrogen) atoms. The molecule has 0 fully saturated rings. The first kappa shape index (κ1) is 17.5. The largest absolute Gasteiger partial charge is 0.494 e. The molecule has 3 rings (SSSR count). The van der Waals surface area contributed by atoms with Gasteiger partial charge in [-0.2, -0.15) is 5.26 Å². The summed E-state index contributed by atoms with van der Waals surface area (Å²) in [6.45, 7) is 2.72. The molecule has 4 nitrogen and oxygen atoms in total. The highest BCUT2D eigenvalue weighted by atomic mass is 32.1. The van der Waals surface area contributed by atoms with Crippen LogP contribution < -0.4 is 10.1 Å². The van der Waals surface area contributed by atoms with Gasteiger partial charge >= 0.3 is 0 Å². The van der Waals surface area contributed by atoms with Gasteiger partial charge in [-0.1, -0.05) is 13.3 Å². The van der Waals surface area contributed by atoms with Gasteiger partial charge in [0.2, 0.25) is 0 Å². The molecule has 130 valence electrons. The average molecular weight is 354 g/mol. The number of ether oxygens (including phenoxy) is 1. The Hall–Kier alpha value is -2.32. The molecule has 0 spiro atoms. The maximum Gasteiger partial charge on any atom is 0.256 e. The summed E-state index contributed by atoms with van der Waals surface area (Å²) in [6.07, 6.45) is 6.38. The second kappa shape index (κ2) is 8.17. The minimum absolute atomic E-state index is 0.185. The van der Waals surface area contributed by atoms with Gasteiger partial charge < -0.3 is 10.1 Å². The first-order chi connectivity index (χ1) is 12.2. The number of rotatable bonds is 5. The lowest BCUT2D eigenvalue weighted by atomic mass is 10.1. The lowest BCUT2D eigenvalue weighted by Crippen LogP contribution is -2.11. The Labute approximate surface area is 152 Å². The van der Waals surface area contributed by atoms with Gasteiger partial charge in [0.05, 0.1) is 12.2 Å². The monoisotopic (exact) mass is 354 g/mol. The molecule has 1 heterocycles. The van der Waals surface area contributed by atoms with E-state index in [9.17, 15) is 10.1 Å². The number of carbonyl (C=O) groups excluding carboxylic acids is 1. The van der Waals surface area contributed by atoms with Crippen LogP contribution in [0.5, 0.6) is 5.75 Å². The maximum atomic E-state index is 12.5. The lowest BCUT2D eigenvalue weighted by molar-refractivity contribution is 0.102. The normalized spacial score (nSPS) is 13.4. The molecule has 0 saturated heterocycles. The van der Waals surface area contributed by atoms with Crippen molar-refractivity contribution in [1.29, 1.82) is 5.26 Å². The van der Waals surface area contributed by atoms with Crippen molar-refractivity contribution in [3.8, 4) is 11.8 Å². The fourth-order valence-corrected chi connectivity index (χ4v) is 4.28. The van der Waals surface area contributed by atoms with Gasteiger partial charge in [0, 0.05) is 10.4 Å². The van der Waals surface area contributed by atoms with E-state index in [1.807, 2.05) is 0 Å². The van der Waals surface area contributed by atoms with Gasteiger partial charge in [-0.15, -0.1) is 11.3 Å². The van der Waals surface area contributed by atoms with Crippen molar-refractivity contribution in [2.75, 3.05) is 11.9 Å². The fourth-order valence-electron chi connectivity index (χ4n) is 3.05. The Bertz CT molecular complexity index is 787. The molecule has 0 radical (unpaired) electrons. The molecule has 1 aliphatic rings. The average Bonchev–Trinajstić information content (AvgIpc) is 2.79. The van der Waals surface area contributed by atoms with Crippen LogP contribution in [0.3, 0.4) is 0 Å². The molecule has 2 aromatic rings. The molecule has 1 aromatic carbocycles. The number of amides is 1. The van der Waals surface area contributed by atoms with Crippen molar-refractivity contribution in [3.63, 3.8) is 0 Å². The van der Waals surface area contributed by atoms with Crippen LogP contribution in [0.4, 0.5) is 5.00 Å². The molecule has 5 heteroatoms. The Morgan fingerprint density at radius 1 is 1.24 bits per heavy atom. The van der Waals surface area contributed by atoms with Crippen molar-refractivity contribution >= 4 is 22.2 Å². The second-order valence-electron chi connectivity index (χ2n) is 6.21. The van der Waals surface area contributed by atoms with Gasteiger partial charge in [0.25, 0.3) is 5.91 Å². The van der Waals surface area contributed by atoms with Crippen molar-refractivity contribution in [2.45, 2.75) is 45.4 Å². The summed E-state index contributed by atoms with van der Waals surface area (Å²) in [7, 11) is 0.